The minimum absolute atomic E-state index is 0.143. The van der Waals surface area contributed by atoms with E-state index in [1.165, 1.54) is 18.5 Å². The first kappa shape index (κ1) is 20.9. The van der Waals surface area contributed by atoms with Crippen LogP contribution in [0.25, 0.3) is 0 Å². The number of sulfonamides is 1. The number of aliphatic imine (C=N–C) groups is 1. The molecular formula is C19H26N6O3S. The van der Waals surface area contributed by atoms with Gasteiger partial charge in [-0.3, -0.25) is 9.98 Å². The van der Waals surface area contributed by atoms with Crippen LogP contribution in [-0.2, 0) is 10.0 Å². The monoisotopic (exact) mass is 418 g/mol. The second kappa shape index (κ2) is 9.57. The summed E-state index contributed by atoms with van der Waals surface area (Å²) in [4.78, 5) is 12.5. The molecule has 156 valence electrons. The van der Waals surface area contributed by atoms with E-state index in [2.05, 4.69) is 29.8 Å². The van der Waals surface area contributed by atoms with E-state index in [9.17, 15) is 13.5 Å². The van der Waals surface area contributed by atoms with Crippen molar-refractivity contribution in [1.29, 1.82) is 0 Å². The number of guanidine groups is 1. The number of anilines is 1. The molecule has 3 rings (SSSR count). The SMILES string of the molecule is CN=C(NCCNS(=O)(=O)c1cccnc1)N1CCN(c2ccccc2O)CC1. The quantitative estimate of drug-likeness (QED) is 0.355. The van der Waals surface area contributed by atoms with E-state index in [0.29, 0.717) is 6.54 Å². The smallest absolute Gasteiger partial charge is 0.242 e. The summed E-state index contributed by atoms with van der Waals surface area (Å²) in [6.45, 7) is 3.64. The molecule has 1 aliphatic rings. The highest BCUT2D eigenvalue weighted by atomic mass is 32.2. The zero-order valence-corrected chi connectivity index (χ0v) is 17.1. The van der Waals surface area contributed by atoms with Crippen LogP contribution in [0.1, 0.15) is 0 Å². The molecule has 1 aromatic heterocycles. The molecule has 1 fully saturated rings. The largest absolute Gasteiger partial charge is 0.506 e. The van der Waals surface area contributed by atoms with E-state index < -0.39 is 10.0 Å². The van der Waals surface area contributed by atoms with Gasteiger partial charge in [-0.1, -0.05) is 12.1 Å². The van der Waals surface area contributed by atoms with E-state index in [-0.39, 0.29) is 17.2 Å². The number of piperazine rings is 1. The maximum Gasteiger partial charge on any atom is 0.242 e. The number of para-hydroxylation sites is 2. The van der Waals surface area contributed by atoms with Gasteiger partial charge in [0.15, 0.2) is 5.96 Å². The molecule has 0 bridgehead atoms. The van der Waals surface area contributed by atoms with Crippen LogP contribution in [0.4, 0.5) is 5.69 Å². The summed E-state index contributed by atoms with van der Waals surface area (Å²) >= 11 is 0. The van der Waals surface area contributed by atoms with Gasteiger partial charge >= 0.3 is 0 Å². The minimum atomic E-state index is -3.57. The maximum absolute atomic E-state index is 12.2. The molecule has 9 nitrogen and oxygen atoms in total. The van der Waals surface area contributed by atoms with Crippen LogP contribution in [0.3, 0.4) is 0 Å². The number of nitrogens with one attached hydrogen (secondary N) is 2. The third-order valence-electron chi connectivity index (χ3n) is 4.66. The molecule has 0 amide bonds. The number of hydrogen-bond donors (Lipinski definition) is 3. The molecule has 2 aromatic rings. The summed E-state index contributed by atoms with van der Waals surface area (Å²) in [5, 5.41) is 13.2. The van der Waals surface area contributed by atoms with Crippen LogP contribution in [0, 0.1) is 0 Å². The van der Waals surface area contributed by atoms with Crippen molar-refractivity contribution in [3.05, 3.63) is 48.8 Å². The van der Waals surface area contributed by atoms with E-state index in [1.807, 2.05) is 18.2 Å². The fourth-order valence-corrected chi connectivity index (χ4v) is 4.17. The molecule has 0 saturated carbocycles. The van der Waals surface area contributed by atoms with Crippen molar-refractivity contribution >= 4 is 21.7 Å². The number of nitrogens with zero attached hydrogens (tertiary/aromatic N) is 4. The summed E-state index contributed by atoms with van der Waals surface area (Å²) in [6.07, 6.45) is 2.85. The highest BCUT2D eigenvalue weighted by Gasteiger charge is 2.21. The van der Waals surface area contributed by atoms with Gasteiger partial charge in [0, 0.05) is 58.7 Å². The molecule has 3 N–H and O–H groups in total. The van der Waals surface area contributed by atoms with Crippen molar-refractivity contribution in [3.63, 3.8) is 0 Å². The lowest BCUT2D eigenvalue weighted by atomic mass is 10.2. The molecule has 10 heteroatoms. The Balaban J connectivity index is 1.46. The standard InChI is InChI=1S/C19H26N6O3S/c1-20-19(22-9-10-23-29(27,28)16-5-4-8-21-15-16)25-13-11-24(12-14-25)17-6-2-3-7-18(17)26/h2-8,15,23,26H,9-14H2,1H3,(H,20,22). The predicted molar refractivity (Wildman–Crippen MR) is 113 cm³/mol. The van der Waals surface area contributed by atoms with E-state index in [1.54, 1.807) is 19.2 Å². The second-order valence-corrected chi connectivity index (χ2v) is 8.29. The fourth-order valence-electron chi connectivity index (χ4n) is 3.17. The van der Waals surface area contributed by atoms with Gasteiger partial charge in [0.1, 0.15) is 10.6 Å². The van der Waals surface area contributed by atoms with Gasteiger partial charge in [-0.2, -0.15) is 0 Å². The summed E-state index contributed by atoms with van der Waals surface area (Å²) < 4.78 is 27.0. The van der Waals surface area contributed by atoms with Crippen LogP contribution in [0.15, 0.2) is 58.7 Å². The topological polar surface area (TPSA) is 110 Å². The fraction of sp³-hybridized carbons (Fsp3) is 0.368. The van der Waals surface area contributed by atoms with Gasteiger partial charge in [-0.05, 0) is 24.3 Å². The lowest BCUT2D eigenvalue weighted by molar-refractivity contribution is 0.370. The van der Waals surface area contributed by atoms with Crippen LogP contribution in [0.5, 0.6) is 5.75 Å². The molecule has 0 spiro atoms. The van der Waals surface area contributed by atoms with Crippen molar-refractivity contribution in [2.24, 2.45) is 4.99 Å². The molecule has 29 heavy (non-hydrogen) atoms. The first-order valence-electron chi connectivity index (χ1n) is 9.39. The normalized spacial score (nSPS) is 15.4. The second-order valence-electron chi connectivity index (χ2n) is 6.52. The highest BCUT2D eigenvalue weighted by molar-refractivity contribution is 7.89. The Bertz CT molecular complexity index is 928. The Morgan fingerprint density at radius 3 is 2.55 bits per heavy atom. The lowest BCUT2D eigenvalue weighted by Crippen LogP contribution is -2.53. The number of hydrogen-bond acceptors (Lipinski definition) is 6. The van der Waals surface area contributed by atoms with Crippen LogP contribution < -0.4 is 14.9 Å². The van der Waals surface area contributed by atoms with Gasteiger partial charge in [0.2, 0.25) is 10.0 Å². The number of rotatable bonds is 6. The zero-order valence-electron chi connectivity index (χ0n) is 16.3. The first-order chi connectivity index (χ1) is 14.0. The predicted octanol–water partition coefficient (Wildman–Crippen LogP) is 0.463. The Hall–Kier alpha value is -2.85. The number of phenols is 1. The average Bonchev–Trinajstić information content (AvgIpc) is 2.75. The molecule has 0 unspecified atom stereocenters. The van der Waals surface area contributed by atoms with Crippen molar-refractivity contribution in [1.82, 2.24) is 19.9 Å². The first-order valence-corrected chi connectivity index (χ1v) is 10.9. The molecular weight excluding hydrogens is 392 g/mol. The number of pyridine rings is 1. The van der Waals surface area contributed by atoms with Crippen LogP contribution >= 0.6 is 0 Å². The summed E-state index contributed by atoms with van der Waals surface area (Å²) in [5.41, 5.74) is 0.833. The zero-order chi connectivity index (χ0) is 20.7. The van der Waals surface area contributed by atoms with E-state index in [4.69, 9.17) is 0 Å². The van der Waals surface area contributed by atoms with Crippen LogP contribution in [-0.4, -0.2) is 75.7 Å². The average molecular weight is 419 g/mol. The molecule has 0 radical (unpaired) electrons. The third kappa shape index (κ3) is 5.36. The molecule has 0 atom stereocenters. The maximum atomic E-state index is 12.2. The Morgan fingerprint density at radius 2 is 1.90 bits per heavy atom. The van der Waals surface area contributed by atoms with Crippen molar-refractivity contribution < 1.29 is 13.5 Å². The van der Waals surface area contributed by atoms with Gasteiger partial charge in [-0.15, -0.1) is 0 Å². The van der Waals surface area contributed by atoms with Gasteiger partial charge in [0.25, 0.3) is 0 Å². The van der Waals surface area contributed by atoms with Gasteiger partial charge in [-0.25, -0.2) is 13.1 Å². The Labute approximate surface area is 171 Å². The number of phenolic OH excluding ortho intramolecular Hbond substituents is 1. The van der Waals surface area contributed by atoms with Crippen LogP contribution in [0.2, 0.25) is 0 Å². The number of aromatic nitrogens is 1. The van der Waals surface area contributed by atoms with Crippen molar-refractivity contribution in [2.75, 3.05) is 51.2 Å². The lowest BCUT2D eigenvalue weighted by Gasteiger charge is -2.37. The molecule has 0 aliphatic carbocycles. The van der Waals surface area contributed by atoms with Gasteiger partial charge < -0.3 is 20.2 Å². The number of aromatic hydroxyl groups is 1. The Morgan fingerprint density at radius 1 is 1.14 bits per heavy atom. The highest BCUT2D eigenvalue weighted by Crippen LogP contribution is 2.27. The Kier molecular flexibility index (Phi) is 6.89. The summed E-state index contributed by atoms with van der Waals surface area (Å²) in [7, 11) is -1.86. The van der Waals surface area contributed by atoms with E-state index >= 15 is 0 Å². The van der Waals surface area contributed by atoms with E-state index in [0.717, 1.165) is 37.8 Å². The molecule has 1 aromatic carbocycles. The van der Waals surface area contributed by atoms with Crippen molar-refractivity contribution in [3.8, 4) is 5.75 Å². The number of benzene rings is 1. The van der Waals surface area contributed by atoms with Crippen molar-refractivity contribution in [2.45, 2.75) is 4.90 Å². The summed E-state index contributed by atoms with van der Waals surface area (Å²) in [6, 6.07) is 10.4. The minimum Gasteiger partial charge on any atom is -0.506 e. The summed E-state index contributed by atoms with van der Waals surface area (Å²) in [5.74, 6) is 1.01. The van der Waals surface area contributed by atoms with Gasteiger partial charge in [0.05, 0.1) is 5.69 Å². The molecule has 1 aliphatic heterocycles. The molecule has 1 saturated heterocycles. The third-order valence-corrected chi connectivity index (χ3v) is 6.10. The molecule has 2 heterocycles.